The van der Waals surface area contributed by atoms with Crippen molar-refractivity contribution in [3.05, 3.63) is 17.7 Å². The molecule has 2 heterocycles. The molecule has 0 unspecified atom stereocenters. The molecule has 5 nitrogen and oxygen atoms in total. The molecule has 88 valence electrons. The Morgan fingerprint density at radius 1 is 1.50 bits per heavy atom. The van der Waals surface area contributed by atoms with Gasteiger partial charge in [-0.2, -0.15) is 0 Å². The van der Waals surface area contributed by atoms with E-state index >= 15 is 0 Å². The highest BCUT2D eigenvalue weighted by Gasteiger charge is 2.42. The van der Waals surface area contributed by atoms with Crippen molar-refractivity contribution in [3.8, 4) is 0 Å². The minimum absolute atomic E-state index is 0.489. The van der Waals surface area contributed by atoms with Crippen LogP contribution < -0.4 is 0 Å². The van der Waals surface area contributed by atoms with Gasteiger partial charge in [-0.05, 0) is 13.8 Å². The molecule has 1 saturated heterocycles. The van der Waals surface area contributed by atoms with Gasteiger partial charge in [0, 0.05) is 31.7 Å². The molecule has 1 aliphatic rings. The van der Waals surface area contributed by atoms with E-state index in [2.05, 4.69) is 4.98 Å². The van der Waals surface area contributed by atoms with Gasteiger partial charge in [-0.1, -0.05) is 0 Å². The van der Waals surface area contributed by atoms with Crippen molar-refractivity contribution in [1.82, 2.24) is 9.55 Å². The zero-order chi connectivity index (χ0) is 11.8. The van der Waals surface area contributed by atoms with Crippen molar-refractivity contribution >= 4 is 5.97 Å². The lowest BCUT2D eigenvalue weighted by Crippen LogP contribution is -2.46. The first kappa shape index (κ1) is 11.1. The predicted octanol–water partition coefficient (Wildman–Crippen LogP) is 1.09. The quantitative estimate of drug-likeness (QED) is 0.816. The Bertz CT molecular complexity index is 405. The van der Waals surface area contributed by atoms with Gasteiger partial charge in [0.15, 0.2) is 0 Å². The maximum Gasteiger partial charge on any atom is 0.330 e. The predicted molar refractivity (Wildman–Crippen MR) is 57.4 cm³/mol. The third-order valence-electron chi connectivity index (χ3n) is 3.43. The van der Waals surface area contributed by atoms with Gasteiger partial charge in [0.1, 0.15) is 5.54 Å². The Morgan fingerprint density at radius 2 is 2.12 bits per heavy atom. The SMILES string of the molecule is Cc1ncn(C2(C(=O)O)CCOCC2)c1C. The summed E-state index contributed by atoms with van der Waals surface area (Å²) in [5.74, 6) is -0.795. The molecule has 1 aromatic rings. The topological polar surface area (TPSA) is 64.4 Å². The number of nitrogens with zero attached hydrogens (tertiary/aromatic N) is 2. The molecule has 1 aliphatic heterocycles. The molecule has 1 aromatic heterocycles. The molecular formula is C11H16N2O3. The van der Waals surface area contributed by atoms with Gasteiger partial charge in [-0.3, -0.25) is 0 Å². The summed E-state index contributed by atoms with van der Waals surface area (Å²) in [6.07, 6.45) is 2.63. The summed E-state index contributed by atoms with van der Waals surface area (Å²) in [5, 5.41) is 9.47. The second-order valence-corrected chi connectivity index (χ2v) is 4.23. The summed E-state index contributed by atoms with van der Waals surface area (Å²) < 4.78 is 7.03. The van der Waals surface area contributed by atoms with Gasteiger partial charge >= 0.3 is 5.97 Å². The van der Waals surface area contributed by atoms with Gasteiger partial charge in [0.2, 0.25) is 0 Å². The first-order valence-corrected chi connectivity index (χ1v) is 5.40. The van der Waals surface area contributed by atoms with Crippen molar-refractivity contribution < 1.29 is 14.6 Å². The van der Waals surface area contributed by atoms with Crippen LogP contribution in [0, 0.1) is 13.8 Å². The standard InChI is InChI=1S/C11H16N2O3/c1-8-9(2)13(7-12-8)11(10(14)15)3-5-16-6-4-11/h7H,3-6H2,1-2H3,(H,14,15). The van der Waals surface area contributed by atoms with Gasteiger partial charge in [-0.25, -0.2) is 9.78 Å². The molecule has 16 heavy (non-hydrogen) atoms. The zero-order valence-corrected chi connectivity index (χ0v) is 9.56. The number of ether oxygens (including phenoxy) is 1. The van der Waals surface area contributed by atoms with E-state index in [0.717, 1.165) is 11.4 Å². The van der Waals surface area contributed by atoms with Gasteiger partial charge in [-0.15, -0.1) is 0 Å². The first-order valence-electron chi connectivity index (χ1n) is 5.40. The number of aliphatic carboxylic acids is 1. The second-order valence-electron chi connectivity index (χ2n) is 4.23. The minimum atomic E-state index is -0.871. The number of carboxylic acid groups (broad SMARTS) is 1. The van der Waals surface area contributed by atoms with Crippen molar-refractivity contribution in [2.24, 2.45) is 0 Å². The number of carbonyl (C=O) groups is 1. The smallest absolute Gasteiger partial charge is 0.330 e. The van der Waals surface area contributed by atoms with Crippen LogP contribution in [0.5, 0.6) is 0 Å². The van der Waals surface area contributed by atoms with Crippen LogP contribution in [-0.2, 0) is 15.1 Å². The number of rotatable bonds is 2. The molecule has 0 aliphatic carbocycles. The fraction of sp³-hybridized carbons (Fsp3) is 0.636. The zero-order valence-electron chi connectivity index (χ0n) is 9.56. The van der Waals surface area contributed by atoms with E-state index in [4.69, 9.17) is 4.74 Å². The molecule has 5 heteroatoms. The Labute approximate surface area is 94.1 Å². The monoisotopic (exact) mass is 224 g/mol. The fourth-order valence-electron chi connectivity index (χ4n) is 2.20. The molecule has 2 rings (SSSR count). The number of aryl methyl sites for hydroxylation is 1. The Kier molecular flexibility index (Phi) is 2.71. The van der Waals surface area contributed by atoms with Gasteiger partial charge < -0.3 is 14.4 Å². The molecule has 0 aromatic carbocycles. The van der Waals surface area contributed by atoms with Crippen LogP contribution in [0.4, 0.5) is 0 Å². The van der Waals surface area contributed by atoms with Crippen LogP contribution in [0.25, 0.3) is 0 Å². The average Bonchev–Trinajstić information content (AvgIpc) is 2.61. The van der Waals surface area contributed by atoms with Gasteiger partial charge in [0.25, 0.3) is 0 Å². The normalized spacial score (nSPS) is 19.6. The number of imidazole rings is 1. The highest BCUT2D eigenvalue weighted by atomic mass is 16.5. The number of aromatic nitrogens is 2. The van der Waals surface area contributed by atoms with Crippen LogP contribution >= 0.6 is 0 Å². The Morgan fingerprint density at radius 3 is 2.56 bits per heavy atom. The lowest BCUT2D eigenvalue weighted by Gasteiger charge is -2.35. The Balaban J connectivity index is 2.47. The van der Waals surface area contributed by atoms with E-state index in [9.17, 15) is 9.90 Å². The van der Waals surface area contributed by atoms with E-state index < -0.39 is 11.5 Å². The summed E-state index contributed by atoms with van der Waals surface area (Å²) in [5.41, 5.74) is 0.931. The highest BCUT2D eigenvalue weighted by molar-refractivity contribution is 5.77. The third-order valence-corrected chi connectivity index (χ3v) is 3.43. The molecule has 0 atom stereocenters. The van der Waals surface area contributed by atoms with E-state index in [1.54, 1.807) is 10.9 Å². The number of hydrogen-bond donors (Lipinski definition) is 1. The molecule has 0 saturated carbocycles. The summed E-state index contributed by atoms with van der Waals surface area (Å²) >= 11 is 0. The average molecular weight is 224 g/mol. The molecule has 0 radical (unpaired) electrons. The van der Waals surface area contributed by atoms with Crippen molar-refractivity contribution in [2.75, 3.05) is 13.2 Å². The highest BCUT2D eigenvalue weighted by Crippen LogP contribution is 2.31. The first-order chi connectivity index (χ1) is 7.58. The van der Waals surface area contributed by atoms with Crippen molar-refractivity contribution in [2.45, 2.75) is 32.2 Å². The van der Waals surface area contributed by atoms with Crippen LogP contribution in [0.3, 0.4) is 0 Å². The van der Waals surface area contributed by atoms with Crippen LogP contribution in [0.1, 0.15) is 24.2 Å². The summed E-state index contributed by atoms with van der Waals surface area (Å²) in [6, 6.07) is 0. The van der Waals surface area contributed by atoms with E-state index in [0.29, 0.717) is 26.1 Å². The maximum absolute atomic E-state index is 11.5. The molecule has 0 bridgehead atoms. The molecule has 0 spiro atoms. The van der Waals surface area contributed by atoms with Crippen molar-refractivity contribution in [3.63, 3.8) is 0 Å². The van der Waals surface area contributed by atoms with Crippen LogP contribution in [0.2, 0.25) is 0 Å². The van der Waals surface area contributed by atoms with E-state index in [1.807, 2.05) is 13.8 Å². The largest absolute Gasteiger partial charge is 0.479 e. The molecule has 0 amide bonds. The van der Waals surface area contributed by atoms with Crippen molar-refractivity contribution in [1.29, 1.82) is 0 Å². The van der Waals surface area contributed by atoms with Gasteiger partial charge in [0.05, 0.1) is 12.0 Å². The second kappa shape index (κ2) is 3.90. The summed E-state index contributed by atoms with van der Waals surface area (Å²) in [7, 11) is 0. The van der Waals surface area contributed by atoms with Crippen LogP contribution in [-0.4, -0.2) is 33.8 Å². The summed E-state index contributed by atoms with van der Waals surface area (Å²) in [6.45, 7) is 4.77. The minimum Gasteiger partial charge on any atom is -0.479 e. The third kappa shape index (κ3) is 1.51. The summed E-state index contributed by atoms with van der Waals surface area (Å²) in [4.78, 5) is 15.7. The number of carboxylic acids is 1. The fourth-order valence-corrected chi connectivity index (χ4v) is 2.20. The lowest BCUT2D eigenvalue weighted by molar-refractivity contribution is -0.153. The number of hydrogen-bond acceptors (Lipinski definition) is 3. The maximum atomic E-state index is 11.5. The molecular weight excluding hydrogens is 208 g/mol. The van der Waals surface area contributed by atoms with Crippen LogP contribution in [0.15, 0.2) is 6.33 Å². The lowest BCUT2D eigenvalue weighted by atomic mass is 9.89. The van der Waals surface area contributed by atoms with E-state index in [-0.39, 0.29) is 0 Å². The molecule has 1 fully saturated rings. The van der Waals surface area contributed by atoms with E-state index in [1.165, 1.54) is 0 Å². The Hall–Kier alpha value is -1.36. The molecule has 1 N–H and O–H groups in total.